The van der Waals surface area contributed by atoms with Gasteiger partial charge in [0.25, 0.3) is 0 Å². The second-order valence-electron chi connectivity index (χ2n) is 5.77. The fourth-order valence-electron chi connectivity index (χ4n) is 3.20. The zero-order chi connectivity index (χ0) is 13.9. The average Bonchev–Trinajstić information content (AvgIpc) is 2.94. The molecule has 0 aromatic heterocycles. The lowest BCUT2D eigenvalue weighted by Gasteiger charge is -2.27. The summed E-state index contributed by atoms with van der Waals surface area (Å²) >= 11 is 0. The molecule has 1 atom stereocenters. The first kappa shape index (κ1) is 13.6. The molecule has 0 aliphatic carbocycles. The van der Waals surface area contributed by atoms with Crippen LogP contribution in [0.4, 0.5) is 5.69 Å². The molecule has 2 fully saturated rings. The molecule has 20 heavy (non-hydrogen) atoms. The number of rotatable bonds is 3. The van der Waals surface area contributed by atoms with Crippen LogP contribution in [0.25, 0.3) is 0 Å². The number of hydrogen-bond acceptors (Lipinski definition) is 3. The Morgan fingerprint density at radius 2 is 1.90 bits per heavy atom. The summed E-state index contributed by atoms with van der Waals surface area (Å²) in [5.41, 5.74) is 1.92. The van der Waals surface area contributed by atoms with Gasteiger partial charge in [-0.15, -0.1) is 0 Å². The smallest absolute Gasteiger partial charge is 0.227 e. The highest BCUT2D eigenvalue weighted by Crippen LogP contribution is 2.30. The Bertz CT molecular complexity index is 466. The summed E-state index contributed by atoms with van der Waals surface area (Å²) < 4.78 is 0. The third-order valence-electron chi connectivity index (χ3n) is 4.45. The van der Waals surface area contributed by atoms with Crippen molar-refractivity contribution in [2.45, 2.75) is 31.8 Å². The lowest BCUT2D eigenvalue weighted by atomic mass is 9.88. The van der Waals surface area contributed by atoms with Gasteiger partial charge in [0.05, 0.1) is 6.10 Å². The van der Waals surface area contributed by atoms with Crippen LogP contribution in [-0.2, 0) is 4.79 Å². The fraction of sp³-hybridized carbons (Fsp3) is 0.562. The molecule has 2 aliphatic heterocycles. The molecule has 108 valence electrons. The molecule has 0 spiro atoms. The number of anilines is 1. The van der Waals surface area contributed by atoms with E-state index in [4.69, 9.17) is 0 Å². The van der Waals surface area contributed by atoms with Gasteiger partial charge in [-0.25, -0.2) is 0 Å². The lowest BCUT2D eigenvalue weighted by molar-refractivity contribution is -0.117. The molecule has 1 amide bonds. The number of amides is 1. The molecular weight excluding hydrogens is 252 g/mol. The van der Waals surface area contributed by atoms with Gasteiger partial charge in [0, 0.05) is 18.7 Å². The second-order valence-corrected chi connectivity index (χ2v) is 5.77. The average molecular weight is 274 g/mol. The Morgan fingerprint density at radius 1 is 1.20 bits per heavy atom. The largest absolute Gasteiger partial charge is 0.388 e. The van der Waals surface area contributed by atoms with Crippen molar-refractivity contribution in [2.24, 2.45) is 5.92 Å². The molecule has 2 aliphatic rings. The van der Waals surface area contributed by atoms with Crippen molar-refractivity contribution in [1.29, 1.82) is 0 Å². The standard InChI is InChI=1S/C16H22N2O2/c19-15-2-1-11-18(15)14-5-3-12(4-6-14)16(20)13-7-9-17-10-8-13/h3-6,13,16-17,20H,1-2,7-11H2. The van der Waals surface area contributed by atoms with Gasteiger partial charge in [0.15, 0.2) is 0 Å². The Hall–Kier alpha value is -1.39. The van der Waals surface area contributed by atoms with Gasteiger partial charge in [-0.05, 0) is 56.0 Å². The van der Waals surface area contributed by atoms with E-state index in [1.165, 1.54) is 0 Å². The molecule has 0 bridgehead atoms. The van der Waals surface area contributed by atoms with E-state index in [2.05, 4.69) is 5.32 Å². The van der Waals surface area contributed by atoms with E-state index in [9.17, 15) is 9.90 Å². The van der Waals surface area contributed by atoms with Gasteiger partial charge in [0.1, 0.15) is 0 Å². The van der Waals surface area contributed by atoms with Crippen molar-refractivity contribution < 1.29 is 9.90 Å². The molecule has 0 saturated carbocycles. The fourth-order valence-corrected chi connectivity index (χ4v) is 3.20. The van der Waals surface area contributed by atoms with E-state index in [0.717, 1.165) is 50.1 Å². The first-order valence-corrected chi connectivity index (χ1v) is 7.55. The molecule has 2 N–H and O–H groups in total. The van der Waals surface area contributed by atoms with Crippen molar-refractivity contribution in [3.05, 3.63) is 29.8 Å². The van der Waals surface area contributed by atoms with Crippen LogP contribution < -0.4 is 10.2 Å². The molecular formula is C16H22N2O2. The van der Waals surface area contributed by atoms with E-state index in [-0.39, 0.29) is 12.0 Å². The monoisotopic (exact) mass is 274 g/mol. The zero-order valence-corrected chi connectivity index (χ0v) is 11.7. The molecule has 4 nitrogen and oxygen atoms in total. The Morgan fingerprint density at radius 3 is 2.50 bits per heavy atom. The number of benzene rings is 1. The third-order valence-corrected chi connectivity index (χ3v) is 4.45. The summed E-state index contributed by atoms with van der Waals surface area (Å²) in [5.74, 6) is 0.548. The molecule has 3 rings (SSSR count). The number of nitrogens with one attached hydrogen (secondary N) is 1. The number of carbonyl (C=O) groups excluding carboxylic acids is 1. The van der Waals surface area contributed by atoms with Crippen LogP contribution >= 0.6 is 0 Å². The van der Waals surface area contributed by atoms with Crippen molar-refractivity contribution in [3.63, 3.8) is 0 Å². The van der Waals surface area contributed by atoms with Crippen LogP contribution in [-0.4, -0.2) is 30.6 Å². The molecule has 0 radical (unpaired) electrons. The highest BCUT2D eigenvalue weighted by Gasteiger charge is 2.24. The van der Waals surface area contributed by atoms with Gasteiger partial charge in [-0.2, -0.15) is 0 Å². The minimum atomic E-state index is -0.388. The van der Waals surface area contributed by atoms with Crippen LogP contribution in [0.3, 0.4) is 0 Å². The predicted octanol–water partition coefficient (Wildman–Crippen LogP) is 1.85. The minimum Gasteiger partial charge on any atom is -0.388 e. The quantitative estimate of drug-likeness (QED) is 0.884. The summed E-state index contributed by atoms with van der Waals surface area (Å²) in [6, 6.07) is 7.85. The van der Waals surface area contributed by atoms with Gasteiger partial charge in [-0.1, -0.05) is 12.1 Å². The maximum atomic E-state index is 11.7. The number of nitrogens with zero attached hydrogens (tertiary/aromatic N) is 1. The Balaban J connectivity index is 1.70. The molecule has 4 heteroatoms. The van der Waals surface area contributed by atoms with Crippen molar-refractivity contribution in [1.82, 2.24) is 5.32 Å². The number of carbonyl (C=O) groups is 1. The lowest BCUT2D eigenvalue weighted by Crippen LogP contribution is -2.30. The summed E-state index contributed by atoms with van der Waals surface area (Å²) in [4.78, 5) is 13.5. The maximum absolute atomic E-state index is 11.7. The summed E-state index contributed by atoms with van der Waals surface area (Å²) in [5, 5.41) is 13.8. The molecule has 2 heterocycles. The second kappa shape index (κ2) is 5.94. The zero-order valence-electron chi connectivity index (χ0n) is 11.7. The van der Waals surface area contributed by atoms with Crippen molar-refractivity contribution in [3.8, 4) is 0 Å². The summed E-state index contributed by atoms with van der Waals surface area (Å²) in [6.45, 7) is 2.79. The molecule has 2 saturated heterocycles. The minimum absolute atomic E-state index is 0.205. The van der Waals surface area contributed by atoms with Gasteiger partial charge < -0.3 is 15.3 Å². The number of hydrogen-bond donors (Lipinski definition) is 2. The normalized spacial score (nSPS) is 22.2. The highest BCUT2D eigenvalue weighted by atomic mass is 16.3. The topological polar surface area (TPSA) is 52.6 Å². The molecule has 1 unspecified atom stereocenters. The number of aliphatic hydroxyl groups excluding tert-OH is 1. The van der Waals surface area contributed by atoms with Gasteiger partial charge in [-0.3, -0.25) is 4.79 Å². The van der Waals surface area contributed by atoms with E-state index >= 15 is 0 Å². The van der Waals surface area contributed by atoms with Crippen LogP contribution in [0.5, 0.6) is 0 Å². The Labute approximate surface area is 119 Å². The van der Waals surface area contributed by atoms with E-state index in [1.54, 1.807) is 0 Å². The van der Waals surface area contributed by atoms with Gasteiger partial charge >= 0.3 is 0 Å². The van der Waals surface area contributed by atoms with Crippen molar-refractivity contribution >= 4 is 11.6 Å². The van der Waals surface area contributed by atoms with Crippen LogP contribution in [0.15, 0.2) is 24.3 Å². The third kappa shape index (κ3) is 2.72. The maximum Gasteiger partial charge on any atom is 0.227 e. The Kier molecular flexibility index (Phi) is 4.03. The number of aliphatic hydroxyl groups is 1. The van der Waals surface area contributed by atoms with Crippen LogP contribution in [0.2, 0.25) is 0 Å². The van der Waals surface area contributed by atoms with Gasteiger partial charge in [0.2, 0.25) is 5.91 Å². The highest BCUT2D eigenvalue weighted by molar-refractivity contribution is 5.95. The molecule has 1 aromatic carbocycles. The first-order chi connectivity index (χ1) is 9.75. The SMILES string of the molecule is O=C1CCCN1c1ccc(C(O)C2CCNCC2)cc1. The van der Waals surface area contributed by atoms with E-state index in [0.29, 0.717) is 12.3 Å². The van der Waals surface area contributed by atoms with Crippen molar-refractivity contribution in [2.75, 3.05) is 24.5 Å². The van der Waals surface area contributed by atoms with Crippen LogP contribution in [0.1, 0.15) is 37.4 Å². The summed E-state index contributed by atoms with van der Waals surface area (Å²) in [6.07, 6.45) is 3.25. The van der Waals surface area contributed by atoms with E-state index < -0.39 is 0 Å². The summed E-state index contributed by atoms with van der Waals surface area (Å²) in [7, 11) is 0. The van der Waals surface area contributed by atoms with E-state index in [1.807, 2.05) is 29.2 Å². The predicted molar refractivity (Wildman–Crippen MR) is 78.6 cm³/mol. The molecule has 1 aromatic rings. The number of piperidine rings is 1. The van der Waals surface area contributed by atoms with Crippen LogP contribution in [0, 0.1) is 5.92 Å². The first-order valence-electron chi connectivity index (χ1n) is 7.55.